The normalized spacial score (nSPS) is 19.7. The summed E-state index contributed by atoms with van der Waals surface area (Å²) in [4.78, 5) is 9.63. The molecular formula is C18H18ClN3. The van der Waals surface area contributed by atoms with E-state index in [4.69, 9.17) is 16.6 Å². The maximum atomic E-state index is 6.25. The van der Waals surface area contributed by atoms with Gasteiger partial charge in [0.1, 0.15) is 0 Å². The van der Waals surface area contributed by atoms with Crippen LogP contribution in [0.15, 0.2) is 53.5 Å². The van der Waals surface area contributed by atoms with Crippen LogP contribution in [-0.4, -0.2) is 35.4 Å². The molecule has 0 radical (unpaired) electrons. The Kier molecular flexibility index (Phi) is 3.30. The van der Waals surface area contributed by atoms with Gasteiger partial charge in [0.2, 0.25) is 5.96 Å². The van der Waals surface area contributed by atoms with Crippen molar-refractivity contribution in [1.82, 2.24) is 9.80 Å². The smallest absolute Gasteiger partial charge is 0.202 e. The van der Waals surface area contributed by atoms with E-state index in [2.05, 4.69) is 53.1 Å². The Bertz CT molecular complexity index is 726. The first kappa shape index (κ1) is 13.6. The molecule has 0 aliphatic carbocycles. The molecule has 1 saturated heterocycles. The molecule has 0 spiro atoms. The second-order valence-electron chi connectivity index (χ2n) is 5.70. The molecule has 0 aromatic heterocycles. The molecule has 2 aliphatic rings. The number of nitrogens with zero attached hydrogens (tertiary/aromatic N) is 3. The first-order chi connectivity index (χ1) is 10.8. The number of aliphatic imine (C=N–C) groups is 1. The summed E-state index contributed by atoms with van der Waals surface area (Å²) in [5, 5.41) is 0.768. The lowest BCUT2D eigenvalue weighted by Gasteiger charge is -2.35. The van der Waals surface area contributed by atoms with Gasteiger partial charge < -0.3 is 9.80 Å². The molecule has 1 fully saturated rings. The molecule has 0 saturated carbocycles. The van der Waals surface area contributed by atoms with Gasteiger partial charge in [-0.1, -0.05) is 41.9 Å². The third kappa shape index (κ3) is 2.08. The highest BCUT2D eigenvalue weighted by Crippen LogP contribution is 2.42. The minimum atomic E-state index is 0.193. The van der Waals surface area contributed by atoms with Crippen molar-refractivity contribution >= 4 is 23.2 Å². The Balaban J connectivity index is 1.90. The highest BCUT2D eigenvalue weighted by molar-refractivity contribution is 6.30. The number of likely N-dealkylation sites (N-methyl/N-ethyl adjacent to an activating group) is 1. The molecule has 2 aromatic rings. The zero-order valence-corrected chi connectivity index (χ0v) is 13.3. The van der Waals surface area contributed by atoms with Crippen LogP contribution in [-0.2, 0) is 0 Å². The fraction of sp³-hybridized carbons (Fsp3) is 0.278. The molecule has 2 heterocycles. The summed E-state index contributed by atoms with van der Waals surface area (Å²) in [6.45, 7) is 5.19. The van der Waals surface area contributed by atoms with E-state index in [1.165, 1.54) is 11.1 Å². The minimum absolute atomic E-state index is 0.193. The van der Waals surface area contributed by atoms with Crippen molar-refractivity contribution in [2.75, 3.05) is 19.6 Å². The van der Waals surface area contributed by atoms with Crippen LogP contribution in [0.1, 0.15) is 24.1 Å². The summed E-state index contributed by atoms with van der Waals surface area (Å²) in [5.74, 6) is 1.09. The number of benzene rings is 2. The van der Waals surface area contributed by atoms with E-state index in [9.17, 15) is 0 Å². The molecule has 4 rings (SSSR count). The second-order valence-corrected chi connectivity index (χ2v) is 6.14. The standard InChI is InChI=1S/C18H18ClN3/c1-2-21-10-11-22-17(13-6-4-3-5-7-13)15-12-14(19)8-9-16(15)20-18(21)22/h3-9,12,17H,2,10-11H2,1H3. The first-order valence-corrected chi connectivity index (χ1v) is 8.10. The summed E-state index contributed by atoms with van der Waals surface area (Å²) in [5.41, 5.74) is 3.52. The number of hydrogen-bond acceptors (Lipinski definition) is 3. The summed E-state index contributed by atoms with van der Waals surface area (Å²) in [6.07, 6.45) is 0. The van der Waals surface area contributed by atoms with Crippen LogP contribution < -0.4 is 0 Å². The lowest BCUT2D eigenvalue weighted by atomic mass is 9.95. The van der Waals surface area contributed by atoms with E-state index in [1.54, 1.807) is 0 Å². The van der Waals surface area contributed by atoms with Gasteiger partial charge >= 0.3 is 0 Å². The predicted molar refractivity (Wildman–Crippen MR) is 90.8 cm³/mol. The van der Waals surface area contributed by atoms with Crippen molar-refractivity contribution < 1.29 is 0 Å². The van der Waals surface area contributed by atoms with Gasteiger partial charge in [0.25, 0.3) is 0 Å². The number of guanidine groups is 1. The number of rotatable bonds is 2. The van der Waals surface area contributed by atoms with Gasteiger partial charge in [0, 0.05) is 30.2 Å². The Hall–Kier alpha value is -2.00. The summed E-state index contributed by atoms with van der Waals surface area (Å²) in [7, 11) is 0. The third-order valence-corrected chi connectivity index (χ3v) is 4.70. The molecule has 4 heteroatoms. The van der Waals surface area contributed by atoms with E-state index in [0.29, 0.717) is 0 Å². The monoisotopic (exact) mass is 311 g/mol. The topological polar surface area (TPSA) is 18.8 Å². The van der Waals surface area contributed by atoms with Crippen molar-refractivity contribution in [3.63, 3.8) is 0 Å². The quantitative estimate of drug-likeness (QED) is 0.832. The van der Waals surface area contributed by atoms with Gasteiger partial charge in [-0.05, 0) is 30.7 Å². The molecule has 0 amide bonds. The molecule has 22 heavy (non-hydrogen) atoms. The molecular weight excluding hydrogens is 294 g/mol. The zero-order valence-electron chi connectivity index (χ0n) is 12.5. The van der Waals surface area contributed by atoms with E-state index >= 15 is 0 Å². The predicted octanol–water partition coefficient (Wildman–Crippen LogP) is 4.07. The van der Waals surface area contributed by atoms with E-state index in [0.717, 1.165) is 36.3 Å². The van der Waals surface area contributed by atoms with Crippen molar-refractivity contribution in [1.29, 1.82) is 0 Å². The first-order valence-electron chi connectivity index (χ1n) is 7.72. The zero-order chi connectivity index (χ0) is 15.1. The van der Waals surface area contributed by atoms with Crippen molar-refractivity contribution in [3.8, 4) is 0 Å². The number of fused-ring (bicyclic) bond motifs is 2. The maximum absolute atomic E-state index is 6.25. The highest BCUT2D eigenvalue weighted by atomic mass is 35.5. The van der Waals surface area contributed by atoms with Gasteiger partial charge in [-0.2, -0.15) is 0 Å². The van der Waals surface area contributed by atoms with Gasteiger partial charge in [-0.3, -0.25) is 0 Å². The average Bonchev–Trinajstić information content (AvgIpc) is 2.96. The van der Waals surface area contributed by atoms with Crippen LogP contribution in [0.4, 0.5) is 5.69 Å². The van der Waals surface area contributed by atoms with Crippen molar-refractivity contribution in [2.24, 2.45) is 4.99 Å². The lowest BCUT2D eigenvalue weighted by Crippen LogP contribution is -2.38. The van der Waals surface area contributed by atoms with Crippen LogP contribution in [0.5, 0.6) is 0 Å². The molecule has 1 atom stereocenters. The van der Waals surface area contributed by atoms with Crippen LogP contribution in [0.2, 0.25) is 5.02 Å². The van der Waals surface area contributed by atoms with Gasteiger partial charge in [-0.15, -0.1) is 0 Å². The molecule has 0 N–H and O–H groups in total. The number of hydrogen-bond donors (Lipinski definition) is 0. The highest BCUT2D eigenvalue weighted by Gasteiger charge is 2.37. The van der Waals surface area contributed by atoms with Crippen molar-refractivity contribution in [3.05, 3.63) is 64.7 Å². The Labute approximate surface area is 135 Å². The van der Waals surface area contributed by atoms with Crippen LogP contribution in [0.3, 0.4) is 0 Å². The van der Waals surface area contributed by atoms with Gasteiger partial charge in [-0.25, -0.2) is 4.99 Å². The van der Waals surface area contributed by atoms with E-state index < -0.39 is 0 Å². The Morgan fingerprint density at radius 3 is 2.73 bits per heavy atom. The number of halogens is 1. The maximum Gasteiger partial charge on any atom is 0.202 e. The molecule has 0 bridgehead atoms. The Morgan fingerprint density at radius 2 is 1.95 bits per heavy atom. The average molecular weight is 312 g/mol. The van der Waals surface area contributed by atoms with Crippen LogP contribution in [0, 0.1) is 0 Å². The SMILES string of the molecule is CCN1CCN2C1=Nc1ccc(Cl)cc1C2c1ccccc1. The minimum Gasteiger partial charge on any atom is -0.341 e. The lowest BCUT2D eigenvalue weighted by molar-refractivity contribution is 0.386. The molecule has 112 valence electrons. The van der Waals surface area contributed by atoms with Crippen molar-refractivity contribution in [2.45, 2.75) is 13.0 Å². The van der Waals surface area contributed by atoms with Crippen LogP contribution in [0.25, 0.3) is 0 Å². The third-order valence-electron chi connectivity index (χ3n) is 4.46. The fourth-order valence-corrected chi connectivity index (χ4v) is 3.59. The molecule has 1 unspecified atom stereocenters. The second kappa shape index (κ2) is 5.33. The van der Waals surface area contributed by atoms with Crippen LogP contribution >= 0.6 is 11.6 Å². The van der Waals surface area contributed by atoms with E-state index in [1.807, 2.05) is 12.1 Å². The molecule has 2 aliphatic heterocycles. The Morgan fingerprint density at radius 1 is 1.14 bits per heavy atom. The largest absolute Gasteiger partial charge is 0.341 e. The summed E-state index contributed by atoms with van der Waals surface area (Å²) < 4.78 is 0. The van der Waals surface area contributed by atoms with Gasteiger partial charge in [0.05, 0.1) is 11.7 Å². The van der Waals surface area contributed by atoms with Gasteiger partial charge in [0.15, 0.2) is 0 Å². The van der Waals surface area contributed by atoms with E-state index in [-0.39, 0.29) is 6.04 Å². The molecule has 2 aromatic carbocycles. The summed E-state index contributed by atoms with van der Waals surface area (Å²) in [6, 6.07) is 16.8. The summed E-state index contributed by atoms with van der Waals surface area (Å²) >= 11 is 6.25. The fourth-order valence-electron chi connectivity index (χ4n) is 3.41. The molecule has 3 nitrogen and oxygen atoms in total.